The van der Waals surface area contributed by atoms with E-state index < -0.39 is 0 Å². The lowest BCUT2D eigenvalue weighted by Gasteiger charge is -2.29. The van der Waals surface area contributed by atoms with Crippen LogP contribution in [0.25, 0.3) is 22.1 Å². The first-order chi connectivity index (χ1) is 14.7. The molecule has 150 valence electrons. The van der Waals surface area contributed by atoms with Gasteiger partial charge in [0.25, 0.3) is 0 Å². The second kappa shape index (κ2) is 7.69. The van der Waals surface area contributed by atoms with Gasteiger partial charge in [0, 0.05) is 24.5 Å². The van der Waals surface area contributed by atoms with Gasteiger partial charge in [-0.05, 0) is 41.0 Å². The van der Waals surface area contributed by atoms with Crippen LogP contribution in [0.4, 0.5) is 0 Å². The number of fused-ring (bicyclic) bond motifs is 3. The van der Waals surface area contributed by atoms with Gasteiger partial charge < -0.3 is 13.9 Å². The molecule has 0 atom stereocenters. The fourth-order valence-corrected chi connectivity index (χ4v) is 3.97. The molecule has 1 aliphatic heterocycles. The third-order valence-corrected chi connectivity index (χ3v) is 5.38. The van der Waals surface area contributed by atoms with E-state index in [1.807, 2.05) is 60.7 Å². The maximum Gasteiger partial charge on any atom is 0.336 e. The Bertz CT molecular complexity index is 1260. The van der Waals surface area contributed by atoms with Crippen molar-refractivity contribution in [2.75, 3.05) is 13.8 Å². The Morgan fingerprint density at radius 1 is 1.00 bits per heavy atom. The predicted octanol–water partition coefficient (Wildman–Crippen LogP) is 4.82. The first kappa shape index (κ1) is 18.5. The molecule has 0 unspecified atom stereocenters. The molecule has 0 fully saturated rings. The lowest BCUT2D eigenvalue weighted by molar-refractivity contribution is 0.0889. The molecule has 1 aromatic heterocycles. The van der Waals surface area contributed by atoms with E-state index in [0.717, 1.165) is 39.1 Å². The number of methoxy groups -OCH3 is 1. The van der Waals surface area contributed by atoms with Crippen molar-refractivity contribution >= 4 is 11.0 Å². The van der Waals surface area contributed by atoms with Crippen LogP contribution in [0.1, 0.15) is 11.1 Å². The molecule has 0 aliphatic carbocycles. The van der Waals surface area contributed by atoms with E-state index >= 15 is 0 Å². The van der Waals surface area contributed by atoms with Crippen LogP contribution in [0.5, 0.6) is 11.5 Å². The molecule has 0 spiro atoms. The minimum atomic E-state index is -0.361. The number of benzene rings is 3. The summed E-state index contributed by atoms with van der Waals surface area (Å²) in [6.45, 7) is 1.80. The molecule has 0 amide bonds. The third kappa shape index (κ3) is 3.44. The Labute approximate surface area is 174 Å². The summed E-state index contributed by atoms with van der Waals surface area (Å²) < 4.78 is 17.0. The van der Waals surface area contributed by atoms with Crippen molar-refractivity contribution in [1.82, 2.24) is 4.90 Å². The molecule has 5 heteroatoms. The molecule has 2 heterocycles. The van der Waals surface area contributed by atoms with E-state index in [1.54, 1.807) is 13.2 Å². The highest BCUT2D eigenvalue weighted by Crippen LogP contribution is 2.36. The number of hydrogen-bond donors (Lipinski definition) is 0. The number of nitrogens with zero attached hydrogens (tertiary/aromatic N) is 1. The van der Waals surface area contributed by atoms with E-state index in [2.05, 4.69) is 11.0 Å². The van der Waals surface area contributed by atoms with Crippen molar-refractivity contribution < 1.29 is 13.9 Å². The summed E-state index contributed by atoms with van der Waals surface area (Å²) in [5.74, 6) is 1.59. The lowest BCUT2D eigenvalue weighted by Crippen LogP contribution is -2.31. The number of hydrogen-bond acceptors (Lipinski definition) is 5. The van der Waals surface area contributed by atoms with Gasteiger partial charge in [-0.1, -0.05) is 42.5 Å². The zero-order chi connectivity index (χ0) is 20.5. The third-order valence-electron chi connectivity index (χ3n) is 5.38. The van der Waals surface area contributed by atoms with E-state index in [4.69, 9.17) is 13.9 Å². The van der Waals surface area contributed by atoms with Gasteiger partial charge in [-0.25, -0.2) is 4.79 Å². The molecular weight excluding hydrogens is 378 g/mol. The molecule has 5 rings (SSSR count). The molecule has 4 aromatic rings. The minimum absolute atomic E-state index is 0.361. The molecule has 5 nitrogen and oxygen atoms in total. The van der Waals surface area contributed by atoms with Gasteiger partial charge >= 0.3 is 5.63 Å². The Morgan fingerprint density at radius 2 is 1.87 bits per heavy atom. The fourth-order valence-electron chi connectivity index (χ4n) is 3.97. The van der Waals surface area contributed by atoms with Crippen LogP contribution < -0.4 is 15.1 Å². The first-order valence-corrected chi connectivity index (χ1v) is 9.84. The van der Waals surface area contributed by atoms with E-state index in [1.165, 1.54) is 0 Å². The summed E-state index contributed by atoms with van der Waals surface area (Å²) in [6.07, 6.45) is 0. The van der Waals surface area contributed by atoms with Crippen molar-refractivity contribution in [3.8, 4) is 22.6 Å². The van der Waals surface area contributed by atoms with E-state index in [-0.39, 0.29) is 5.63 Å². The average Bonchev–Trinajstić information content (AvgIpc) is 2.79. The maximum absolute atomic E-state index is 12.4. The van der Waals surface area contributed by atoms with Gasteiger partial charge in [-0.15, -0.1) is 0 Å². The summed E-state index contributed by atoms with van der Waals surface area (Å²) in [7, 11) is 1.66. The summed E-state index contributed by atoms with van der Waals surface area (Å²) in [4.78, 5) is 14.5. The predicted molar refractivity (Wildman–Crippen MR) is 116 cm³/mol. The highest BCUT2D eigenvalue weighted by Gasteiger charge is 2.23. The van der Waals surface area contributed by atoms with Crippen molar-refractivity contribution in [2.24, 2.45) is 0 Å². The standard InChI is InChI=1S/C25H21NO4/c1-28-19-9-5-6-17(12-19)14-26-15-22-23(29-16-26)11-10-20-21(13-24(27)30-25(20)22)18-7-3-2-4-8-18/h2-13H,14-16H2,1H3. The summed E-state index contributed by atoms with van der Waals surface area (Å²) in [5.41, 5.74) is 4.12. The molecule has 0 radical (unpaired) electrons. The Balaban J connectivity index is 1.54. The Hall–Kier alpha value is -3.57. The lowest BCUT2D eigenvalue weighted by atomic mass is 9.99. The quantitative estimate of drug-likeness (QED) is 0.461. The van der Waals surface area contributed by atoms with Crippen molar-refractivity contribution in [1.29, 1.82) is 0 Å². The molecule has 3 aromatic carbocycles. The Kier molecular flexibility index (Phi) is 4.73. The van der Waals surface area contributed by atoms with Crippen molar-refractivity contribution in [3.05, 3.63) is 94.3 Å². The summed E-state index contributed by atoms with van der Waals surface area (Å²) in [6, 6.07) is 23.4. The van der Waals surface area contributed by atoms with Gasteiger partial charge in [0.2, 0.25) is 0 Å². The summed E-state index contributed by atoms with van der Waals surface area (Å²) >= 11 is 0. The van der Waals surface area contributed by atoms with Crippen LogP contribution in [0, 0.1) is 0 Å². The minimum Gasteiger partial charge on any atom is -0.497 e. The normalized spacial score (nSPS) is 13.6. The van der Waals surface area contributed by atoms with Crippen molar-refractivity contribution in [2.45, 2.75) is 13.1 Å². The zero-order valence-electron chi connectivity index (χ0n) is 16.6. The molecule has 1 aliphatic rings. The second-order valence-electron chi connectivity index (χ2n) is 7.38. The number of ether oxygens (including phenoxy) is 2. The molecule has 0 N–H and O–H groups in total. The average molecular weight is 399 g/mol. The van der Waals surface area contributed by atoms with Gasteiger partial charge in [0.05, 0.1) is 12.7 Å². The number of rotatable bonds is 4. The topological polar surface area (TPSA) is 51.9 Å². The van der Waals surface area contributed by atoms with Crippen LogP contribution in [-0.4, -0.2) is 18.7 Å². The molecule has 30 heavy (non-hydrogen) atoms. The van der Waals surface area contributed by atoms with Crippen LogP contribution in [0.2, 0.25) is 0 Å². The van der Waals surface area contributed by atoms with Crippen LogP contribution in [0.3, 0.4) is 0 Å². The highest BCUT2D eigenvalue weighted by atomic mass is 16.5. The van der Waals surface area contributed by atoms with Crippen LogP contribution >= 0.6 is 0 Å². The van der Waals surface area contributed by atoms with Gasteiger partial charge in [0.15, 0.2) is 0 Å². The smallest absolute Gasteiger partial charge is 0.336 e. The molecule has 0 saturated heterocycles. The largest absolute Gasteiger partial charge is 0.497 e. The molecular formula is C25H21NO4. The highest BCUT2D eigenvalue weighted by molar-refractivity contribution is 5.95. The van der Waals surface area contributed by atoms with Gasteiger partial charge in [-0.2, -0.15) is 0 Å². The Morgan fingerprint density at radius 3 is 2.70 bits per heavy atom. The van der Waals surface area contributed by atoms with E-state index in [0.29, 0.717) is 25.4 Å². The fraction of sp³-hybridized carbons (Fsp3) is 0.160. The van der Waals surface area contributed by atoms with E-state index in [9.17, 15) is 4.79 Å². The van der Waals surface area contributed by atoms with Gasteiger partial charge in [0.1, 0.15) is 23.8 Å². The maximum atomic E-state index is 12.4. The SMILES string of the molecule is COc1cccc(CN2COc3ccc4c(-c5ccccc5)cc(=O)oc4c3C2)c1. The van der Waals surface area contributed by atoms with Gasteiger partial charge in [-0.3, -0.25) is 4.90 Å². The molecule has 0 saturated carbocycles. The van der Waals surface area contributed by atoms with Crippen LogP contribution in [-0.2, 0) is 13.1 Å². The van der Waals surface area contributed by atoms with Crippen LogP contribution in [0.15, 0.2) is 82.0 Å². The summed E-state index contributed by atoms with van der Waals surface area (Å²) in [5, 5.41) is 0.909. The first-order valence-electron chi connectivity index (χ1n) is 9.84. The van der Waals surface area contributed by atoms with Crippen molar-refractivity contribution in [3.63, 3.8) is 0 Å². The zero-order valence-corrected chi connectivity index (χ0v) is 16.6. The second-order valence-corrected chi connectivity index (χ2v) is 7.38. The molecule has 0 bridgehead atoms. The monoisotopic (exact) mass is 399 g/mol.